The summed E-state index contributed by atoms with van der Waals surface area (Å²) in [5.41, 5.74) is 0. The summed E-state index contributed by atoms with van der Waals surface area (Å²) in [5.74, 6) is -3.41. The summed E-state index contributed by atoms with van der Waals surface area (Å²) in [4.78, 5) is 19.3. The molecular weight excluding hydrogens is 308 g/mol. The topological polar surface area (TPSA) is 202 Å². The van der Waals surface area contributed by atoms with Gasteiger partial charge in [0.05, 0.1) is 24.6 Å². The van der Waals surface area contributed by atoms with Crippen molar-refractivity contribution < 1.29 is 50.4 Å². The van der Waals surface area contributed by atoms with Gasteiger partial charge in [-0.25, -0.2) is 0 Å². The van der Waals surface area contributed by atoms with Gasteiger partial charge in [0.1, 0.15) is 24.4 Å². The molecule has 0 radical (unpaired) electrons. The van der Waals surface area contributed by atoms with E-state index in [0.717, 1.165) is 6.92 Å². The molecule has 0 aliphatic heterocycles. The Balaban J connectivity index is -0.000000352. The number of carbonyl (C=O) groups is 2. The molecule has 10 nitrogen and oxygen atoms in total. The molecule has 11 heteroatoms. The van der Waals surface area contributed by atoms with Crippen LogP contribution in [0.5, 0.6) is 0 Å². The van der Waals surface area contributed by atoms with Gasteiger partial charge in [-0.3, -0.25) is 0 Å². The van der Waals surface area contributed by atoms with Crippen LogP contribution in [0.2, 0.25) is 0 Å². The third-order valence-electron chi connectivity index (χ3n) is 1.84. The van der Waals surface area contributed by atoms with Crippen LogP contribution in [0.15, 0.2) is 0 Å². The number of carboxylic acid groups (broad SMARTS) is 2. The largest absolute Gasteiger partial charge is 2.00 e. The average Bonchev–Trinajstić information content (AvgIpc) is 2.35. The second-order valence-electron chi connectivity index (χ2n) is 3.49. The third kappa shape index (κ3) is 10.7. The van der Waals surface area contributed by atoms with Crippen LogP contribution < -0.4 is 10.2 Å². The van der Waals surface area contributed by atoms with E-state index in [2.05, 4.69) is 0 Å². The van der Waals surface area contributed by atoms with Gasteiger partial charge >= 0.3 is 37.7 Å². The molecule has 0 aromatic carbocycles. The van der Waals surface area contributed by atoms with E-state index < -0.39 is 49.1 Å². The van der Waals surface area contributed by atoms with E-state index in [1.54, 1.807) is 0 Å². The number of rotatable bonds is 6. The van der Waals surface area contributed by atoms with Crippen LogP contribution >= 0.6 is 0 Å². The van der Waals surface area contributed by atoms with Crippen molar-refractivity contribution in [3.63, 3.8) is 0 Å². The summed E-state index contributed by atoms with van der Waals surface area (Å²) in [7, 11) is 0. The molecule has 1 unspecified atom stereocenters. The number of hydrogen-bond donors (Lipinski definition) is 6. The van der Waals surface area contributed by atoms with Crippen molar-refractivity contribution in [2.24, 2.45) is 0 Å². The van der Waals surface area contributed by atoms with E-state index in [9.17, 15) is 19.8 Å². The second-order valence-corrected chi connectivity index (χ2v) is 3.49. The van der Waals surface area contributed by atoms with Crippen LogP contribution in [0.1, 0.15) is 6.92 Å². The summed E-state index contributed by atoms with van der Waals surface area (Å²) in [5, 5.41) is 70.7. The van der Waals surface area contributed by atoms with Crippen LogP contribution in [-0.2, 0) is 9.59 Å². The van der Waals surface area contributed by atoms with Gasteiger partial charge in [-0.05, 0) is 6.92 Å². The second kappa shape index (κ2) is 12.7. The molecule has 0 saturated carbocycles. The summed E-state index contributed by atoms with van der Waals surface area (Å²) in [6, 6.07) is 0. The van der Waals surface area contributed by atoms with E-state index in [4.69, 9.17) is 30.6 Å². The first-order chi connectivity index (χ1) is 8.56. The normalized spacial score (nSPS) is 17.4. The summed E-state index contributed by atoms with van der Waals surface area (Å²) in [6.45, 7) is 0.271. The van der Waals surface area contributed by atoms with Crippen molar-refractivity contribution in [1.29, 1.82) is 0 Å². The van der Waals surface area contributed by atoms with Gasteiger partial charge in [0.15, 0.2) is 0 Å². The van der Waals surface area contributed by atoms with Crippen LogP contribution in [-0.4, -0.2) is 117 Å². The Hall–Kier alpha value is -0.0403. The zero-order chi connectivity index (χ0) is 15.7. The number of carbonyl (C=O) groups excluding carboxylic acids is 2. The van der Waals surface area contributed by atoms with E-state index >= 15 is 0 Å². The predicted molar refractivity (Wildman–Crippen MR) is 58.6 cm³/mol. The predicted octanol–water partition coefficient (Wildman–Crippen LogP) is -7.09. The van der Waals surface area contributed by atoms with E-state index in [1.807, 2.05) is 0 Å². The van der Waals surface area contributed by atoms with Gasteiger partial charge in [0.25, 0.3) is 0 Å². The maximum atomic E-state index is 9.98. The van der Waals surface area contributed by atoms with Gasteiger partial charge in [-0.15, -0.1) is 0 Å². The quantitative estimate of drug-likeness (QED) is 0.255. The van der Waals surface area contributed by atoms with E-state index in [-0.39, 0.29) is 37.7 Å². The molecule has 0 aromatic heterocycles. The van der Waals surface area contributed by atoms with Gasteiger partial charge < -0.3 is 50.4 Å². The molecule has 0 fully saturated rings. The molecule has 0 heterocycles. The van der Waals surface area contributed by atoms with Gasteiger partial charge in [0, 0.05) is 0 Å². The molecule has 6 N–H and O–H groups in total. The van der Waals surface area contributed by atoms with Crippen molar-refractivity contribution >= 4 is 49.7 Å². The van der Waals surface area contributed by atoms with Crippen molar-refractivity contribution in [3.05, 3.63) is 0 Å². The van der Waals surface area contributed by atoms with Crippen molar-refractivity contribution in [1.82, 2.24) is 0 Å². The number of aliphatic hydroxyl groups excluding tert-OH is 6. The Morgan fingerprint density at radius 3 is 1.50 bits per heavy atom. The molecule has 0 aromatic rings. The average molecular weight is 324 g/mol. The molecule has 0 spiro atoms. The molecular formula is C9H16CaO10. The van der Waals surface area contributed by atoms with Crippen molar-refractivity contribution in [2.75, 3.05) is 6.61 Å². The van der Waals surface area contributed by atoms with Crippen molar-refractivity contribution in [3.8, 4) is 0 Å². The zero-order valence-electron chi connectivity index (χ0n) is 10.6. The minimum Gasteiger partial charge on any atom is -0.547 e. The third-order valence-corrected chi connectivity index (χ3v) is 1.84. The van der Waals surface area contributed by atoms with Crippen LogP contribution in [0.25, 0.3) is 0 Å². The standard InChI is InChI=1S/C6H12O7.C3H6O3.Ca/c7-1-2(8)3(9)4(10)5(11)6(12)13;1-2(4)3(5)6;/h2-5,7-11H,1H2,(H,12,13);2,4H,1H3,(H,5,6);/q;;+2/p-2/t2-,3+,4-,5-;;/m1../s1. The van der Waals surface area contributed by atoms with Crippen molar-refractivity contribution in [2.45, 2.75) is 37.4 Å². The van der Waals surface area contributed by atoms with Crippen LogP contribution in [0.4, 0.5) is 0 Å². The fraction of sp³-hybridized carbons (Fsp3) is 0.778. The smallest absolute Gasteiger partial charge is 0.547 e. The van der Waals surface area contributed by atoms with E-state index in [0.29, 0.717) is 0 Å². The Kier molecular flexibility index (Phi) is 15.8. The molecule has 20 heavy (non-hydrogen) atoms. The summed E-state index contributed by atoms with van der Waals surface area (Å²) in [6.07, 6.45) is -9.42. The molecule has 0 bridgehead atoms. The SMILES string of the molecule is CC(O)C(=O)[O-].O=C([O-])[C@H](O)[C@H](O)[C@@H](O)[C@H](O)CO.[Ca+2]. The minimum atomic E-state index is -2.31. The molecule has 0 saturated heterocycles. The Morgan fingerprint density at radius 1 is 0.950 bits per heavy atom. The Morgan fingerprint density at radius 2 is 1.30 bits per heavy atom. The summed E-state index contributed by atoms with van der Waals surface area (Å²) >= 11 is 0. The number of aliphatic hydroxyl groups is 6. The Bertz CT molecular complexity index is 284. The summed E-state index contributed by atoms with van der Waals surface area (Å²) < 4.78 is 0. The molecule has 5 atom stereocenters. The van der Waals surface area contributed by atoms with Crippen LogP contribution in [0.3, 0.4) is 0 Å². The maximum absolute atomic E-state index is 9.98. The fourth-order valence-corrected chi connectivity index (χ4v) is 0.662. The van der Waals surface area contributed by atoms with Gasteiger partial charge in [0.2, 0.25) is 0 Å². The molecule has 0 rings (SSSR count). The number of aliphatic carboxylic acids is 2. The number of carboxylic acids is 2. The number of hydrogen-bond acceptors (Lipinski definition) is 10. The van der Waals surface area contributed by atoms with Crippen LogP contribution in [0, 0.1) is 0 Å². The first-order valence-corrected chi connectivity index (χ1v) is 4.99. The van der Waals surface area contributed by atoms with Gasteiger partial charge in [-0.2, -0.15) is 0 Å². The van der Waals surface area contributed by atoms with Gasteiger partial charge in [-0.1, -0.05) is 0 Å². The Labute approximate surface area is 143 Å². The maximum Gasteiger partial charge on any atom is 2.00 e. The molecule has 0 aliphatic carbocycles. The zero-order valence-corrected chi connectivity index (χ0v) is 12.8. The minimum absolute atomic E-state index is 0. The molecule has 114 valence electrons. The fourth-order valence-electron chi connectivity index (χ4n) is 0.662. The molecule has 0 amide bonds. The first kappa shape index (κ1) is 24.9. The molecule has 0 aliphatic rings. The monoisotopic (exact) mass is 324 g/mol. The van der Waals surface area contributed by atoms with E-state index in [1.165, 1.54) is 0 Å². The first-order valence-electron chi connectivity index (χ1n) is 4.99.